The molecule has 0 radical (unpaired) electrons. The molecule has 1 aliphatic heterocycles. The molecule has 2 saturated carbocycles. The fraction of sp³-hybridized carbons (Fsp3) is 0.923. The first-order valence-electron chi connectivity index (χ1n) is 18.9. The smallest absolute Gasteiger partial charge is 0.246 e. The highest BCUT2D eigenvalue weighted by atomic mass is 28.4. The molecular formula is C39H75NO5Si2. The third-order valence-electron chi connectivity index (χ3n) is 13.3. The van der Waals surface area contributed by atoms with Gasteiger partial charge in [0.05, 0.1) is 17.8 Å². The van der Waals surface area contributed by atoms with Gasteiger partial charge in [-0.15, -0.1) is 0 Å². The summed E-state index contributed by atoms with van der Waals surface area (Å²) in [6, 6.07) is 0. The molecule has 3 fully saturated rings. The van der Waals surface area contributed by atoms with Crippen LogP contribution < -0.4 is 0 Å². The molecule has 0 aromatic carbocycles. The van der Waals surface area contributed by atoms with Crippen LogP contribution in [0.5, 0.6) is 0 Å². The molecular weight excluding hydrogens is 619 g/mol. The molecule has 0 spiro atoms. The van der Waals surface area contributed by atoms with Crippen molar-refractivity contribution in [3.05, 3.63) is 11.6 Å². The Bertz CT molecular complexity index is 1040. The molecule has 0 bridgehead atoms. The van der Waals surface area contributed by atoms with Gasteiger partial charge in [0, 0.05) is 32.7 Å². The maximum Gasteiger partial charge on any atom is 0.246 e. The topological polar surface area (TPSA) is 57.2 Å². The van der Waals surface area contributed by atoms with Gasteiger partial charge in [0.1, 0.15) is 6.79 Å². The Morgan fingerprint density at radius 3 is 2.02 bits per heavy atom. The quantitative estimate of drug-likeness (QED) is 0.109. The van der Waals surface area contributed by atoms with Crippen molar-refractivity contribution in [3.63, 3.8) is 0 Å². The minimum atomic E-state index is -2.01. The lowest BCUT2D eigenvalue weighted by Crippen LogP contribution is -2.56. The molecule has 274 valence electrons. The Balaban J connectivity index is 1.76. The predicted molar refractivity (Wildman–Crippen MR) is 202 cm³/mol. The lowest BCUT2D eigenvalue weighted by molar-refractivity contribution is -0.131. The number of amides is 1. The molecule has 1 heterocycles. The highest BCUT2D eigenvalue weighted by Crippen LogP contribution is 2.60. The number of nitrogens with zero attached hydrogens (tertiary/aromatic N) is 1. The van der Waals surface area contributed by atoms with Gasteiger partial charge < -0.3 is 23.2 Å². The highest BCUT2D eigenvalue weighted by Gasteiger charge is 2.51. The van der Waals surface area contributed by atoms with Gasteiger partial charge in [-0.05, 0) is 112 Å². The molecule has 6 atom stereocenters. The summed E-state index contributed by atoms with van der Waals surface area (Å²) in [5, 5.41) is 0.238. The van der Waals surface area contributed by atoms with Crippen molar-refractivity contribution in [2.75, 3.05) is 27.0 Å². The van der Waals surface area contributed by atoms with Crippen LogP contribution in [0, 0.1) is 23.2 Å². The monoisotopic (exact) mass is 694 g/mol. The van der Waals surface area contributed by atoms with Crippen LogP contribution in [0.1, 0.15) is 127 Å². The molecule has 3 rings (SSSR count). The normalized spacial score (nSPS) is 29.7. The Labute approximate surface area is 292 Å². The fourth-order valence-corrected chi connectivity index (χ4v) is 11.0. The van der Waals surface area contributed by atoms with Gasteiger partial charge in [-0.25, -0.2) is 0 Å². The van der Waals surface area contributed by atoms with Gasteiger partial charge in [-0.2, -0.15) is 0 Å². The van der Waals surface area contributed by atoms with Gasteiger partial charge in [0.15, 0.2) is 16.6 Å². The van der Waals surface area contributed by atoms with E-state index in [2.05, 4.69) is 106 Å². The molecule has 0 aromatic rings. The van der Waals surface area contributed by atoms with E-state index >= 15 is 0 Å². The number of likely N-dealkylation sites (tertiary alicyclic amines) is 1. The second kappa shape index (κ2) is 15.4. The van der Waals surface area contributed by atoms with E-state index < -0.39 is 16.6 Å². The SMILES string of the molecule is COCOC(C)(C)CCC[C@@H](C)[C@H]1CC[C@H]2/C(=C\C(=O)N3C[C@@H](O[Si](C)(C)C(C)(C)C)C[C@H](O[Si](C)(C)C(C)(C)C)C3)CCC[C@]12C. The Hall–Kier alpha value is -0.516. The number of methoxy groups -OCH3 is 1. The van der Waals surface area contributed by atoms with Crippen LogP contribution in [0.15, 0.2) is 11.6 Å². The third kappa shape index (κ3) is 10.3. The first-order chi connectivity index (χ1) is 21.4. The van der Waals surface area contributed by atoms with E-state index in [4.69, 9.17) is 18.3 Å². The summed E-state index contributed by atoms with van der Waals surface area (Å²) in [6.07, 6.45) is 12.4. The molecule has 8 heteroatoms. The zero-order valence-electron chi connectivity index (χ0n) is 33.4. The molecule has 0 N–H and O–H groups in total. The minimum Gasteiger partial charge on any atom is -0.412 e. The van der Waals surface area contributed by atoms with E-state index in [0.717, 1.165) is 19.3 Å². The number of rotatable bonds is 13. The summed E-state index contributed by atoms with van der Waals surface area (Å²) in [6.45, 7) is 34.2. The second-order valence-electron chi connectivity index (χ2n) is 19.5. The van der Waals surface area contributed by atoms with Crippen molar-refractivity contribution in [3.8, 4) is 0 Å². The molecule has 2 aliphatic carbocycles. The number of ether oxygens (including phenoxy) is 2. The number of carbonyl (C=O) groups is 1. The number of allylic oxidation sites excluding steroid dienone is 1. The summed E-state index contributed by atoms with van der Waals surface area (Å²) in [7, 11) is -2.33. The maximum atomic E-state index is 14.2. The summed E-state index contributed by atoms with van der Waals surface area (Å²) >= 11 is 0. The van der Waals surface area contributed by atoms with E-state index in [1.807, 2.05) is 0 Å². The van der Waals surface area contributed by atoms with Crippen molar-refractivity contribution in [1.82, 2.24) is 4.90 Å². The Kier molecular flexibility index (Phi) is 13.4. The molecule has 1 saturated heterocycles. The van der Waals surface area contributed by atoms with Crippen LogP contribution in [0.3, 0.4) is 0 Å². The highest BCUT2D eigenvalue weighted by molar-refractivity contribution is 6.74. The fourth-order valence-electron chi connectivity index (χ4n) is 8.33. The van der Waals surface area contributed by atoms with Gasteiger partial charge >= 0.3 is 0 Å². The minimum absolute atomic E-state index is 0.0139. The van der Waals surface area contributed by atoms with Gasteiger partial charge in [0.2, 0.25) is 5.91 Å². The first kappa shape index (κ1) is 40.9. The summed E-state index contributed by atoms with van der Waals surface area (Å²) in [5.41, 5.74) is 1.52. The van der Waals surface area contributed by atoms with E-state index in [9.17, 15) is 4.79 Å². The Morgan fingerprint density at radius 2 is 1.51 bits per heavy atom. The zero-order valence-corrected chi connectivity index (χ0v) is 35.4. The van der Waals surface area contributed by atoms with E-state index in [1.165, 1.54) is 44.1 Å². The van der Waals surface area contributed by atoms with Crippen molar-refractivity contribution in [2.24, 2.45) is 23.2 Å². The molecule has 3 aliphatic rings. The van der Waals surface area contributed by atoms with Crippen LogP contribution in [0.2, 0.25) is 36.3 Å². The first-order valence-corrected chi connectivity index (χ1v) is 24.7. The van der Waals surface area contributed by atoms with Gasteiger partial charge in [0.25, 0.3) is 0 Å². The Morgan fingerprint density at radius 1 is 0.957 bits per heavy atom. The summed E-state index contributed by atoms with van der Waals surface area (Å²) < 4.78 is 25.0. The van der Waals surface area contributed by atoms with E-state index in [0.29, 0.717) is 37.6 Å². The zero-order chi connectivity index (χ0) is 35.6. The maximum absolute atomic E-state index is 14.2. The van der Waals surface area contributed by atoms with E-state index in [-0.39, 0.29) is 39.2 Å². The standard InChI is InChI=1S/C39H75NO5Si2/c1-29(18-16-22-38(8,9)43-28-42-11)33-20-21-34-30(19-17-23-39(33,34)10)24-35(41)40-26-31(44-46(12,13)36(2,3)4)25-32(27-40)45-47(14,15)37(5,6)7/h24,29,31-34H,16-23,25-28H2,1-15H3/b30-24-/t29-,31+,32+,33-,34+,39-/m1/s1. The lowest BCUT2D eigenvalue weighted by Gasteiger charge is -2.47. The van der Waals surface area contributed by atoms with Crippen molar-refractivity contribution in [1.29, 1.82) is 0 Å². The molecule has 1 amide bonds. The number of carbonyl (C=O) groups excluding carboxylic acids is 1. The van der Waals surface area contributed by atoms with Crippen LogP contribution in [0.25, 0.3) is 0 Å². The number of fused-ring (bicyclic) bond motifs is 1. The van der Waals surface area contributed by atoms with Crippen molar-refractivity contribution >= 4 is 22.5 Å². The number of hydrogen-bond acceptors (Lipinski definition) is 5. The van der Waals surface area contributed by atoms with Gasteiger partial charge in [-0.1, -0.05) is 73.8 Å². The molecule has 6 nitrogen and oxygen atoms in total. The predicted octanol–water partition coefficient (Wildman–Crippen LogP) is 10.3. The van der Waals surface area contributed by atoms with Gasteiger partial charge in [-0.3, -0.25) is 4.79 Å². The molecule has 0 aromatic heterocycles. The summed E-state index contributed by atoms with van der Waals surface area (Å²) in [5.74, 6) is 2.06. The third-order valence-corrected chi connectivity index (χ3v) is 22.3. The van der Waals surface area contributed by atoms with Crippen LogP contribution >= 0.6 is 0 Å². The average molecular weight is 694 g/mol. The number of piperidine rings is 1. The second-order valence-corrected chi connectivity index (χ2v) is 29.0. The lowest BCUT2D eigenvalue weighted by atomic mass is 9.60. The molecule has 0 unspecified atom stereocenters. The van der Waals surface area contributed by atoms with Crippen molar-refractivity contribution in [2.45, 2.75) is 181 Å². The molecule has 47 heavy (non-hydrogen) atoms. The summed E-state index contributed by atoms with van der Waals surface area (Å²) in [4.78, 5) is 16.3. The number of hydrogen-bond donors (Lipinski definition) is 0. The average Bonchev–Trinajstić information content (AvgIpc) is 3.28. The van der Waals surface area contributed by atoms with E-state index in [1.54, 1.807) is 7.11 Å². The largest absolute Gasteiger partial charge is 0.412 e. The van der Waals surface area contributed by atoms with Crippen molar-refractivity contribution < 1.29 is 23.1 Å². The van der Waals surface area contributed by atoms with Crippen LogP contribution in [-0.4, -0.2) is 72.2 Å². The van der Waals surface area contributed by atoms with Crippen LogP contribution in [-0.2, 0) is 23.1 Å². The van der Waals surface area contributed by atoms with Crippen LogP contribution in [0.4, 0.5) is 0 Å².